The first-order chi connectivity index (χ1) is 21.6. The van der Waals surface area contributed by atoms with E-state index in [-0.39, 0.29) is 30.3 Å². The van der Waals surface area contributed by atoms with E-state index in [1.54, 1.807) is 31.3 Å². The standard InChI is InChI=1S/C35H42ClN3O6/c1-19-7-6-8-25(21(19)3)38-33(41)31-35-15-13-27(45-35)29(32(40)37-23-11-9-20(2)24(36)18-23)30(35)34(42)39(31)16-14-22-10-12-26(43-4)28(17-22)44-5/h9-13,15,17-19,21,25,27,29-31H,6-8,14,16H2,1-5H3,(H,37,40)(H,38,41)/t19-,21-,25-,27-,29-,30-,31+,35+/m1/s1. The third-order valence-electron chi connectivity index (χ3n) is 10.5. The van der Waals surface area contributed by atoms with Gasteiger partial charge in [-0.1, -0.05) is 62.6 Å². The zero-order valence-electron chi connectivity index (χ0n) is 26.5. The molecule has 2 aromatic carbocycles. The van der Waals surface area contributed by atoms with E-state index >= 15 is 0 Å². The van der Waals surface area contributed by atoms with Gasteiger partial charge in [-0.3, -0.25) is 14.4 Å². The maximum absolute atomic E-state index is 14.4. The zero-order valence-corrected chi connectivity index (χ0v) is 27.2. The SMILES string of the molecule is COc1ccc(CCN2C(=O)[C@H]3[C@H](C(=O)Nc4ccc(C)c(Cl)c4)[C@H]4C=C[C@@]3(O4)[C@@H]2C(=O)N[C@@H]2CCC[C@@H](C)[C@H]2C)cc1OC. The molecule has 0 radical (unpaired) electrons. The van der Waals surface area contributed by atoms with Crippen LogP contribution in [0.15, 0.2) is 48.6 Å². The Morgan fingerprint density at radius 2 is 1.84 bits per heavy atom. The lowest BCUT2D eigenvalue weighted by Gasteiger charge is -2.38. The summed E-state index contributed by atoms with van der Waals surface area (Å²) in [5.74, 6) is -0.455. The summed E-state index contributed by atoms with van der Waals surface area (Å²) >= 11 is 6.32. The van der Waals surface area contributed by atoms with Gasteiger partial charge in [-0.15, -0.1) is 0 Å². The molecular formula is C35H42ClN3O6. The van der Waals surface area contributed by atoms with Gasteiger partial charge in [-0.25, -0.2) is 0 Å². The monoisotopic (exact) mass is 635 g/mol. The van der Waals surface area contributed by atoms with E-state index in [9.17, 15) is 14.4 Å². The molecule has 6 rings (SSSR count). The molecule has 2 N–H and O–H groups in total. The summed E-state index contributed by atoms with van der Waals surface area (Å²) < 4.78 is 17.4. The number of halogens is 1. The molecular weight excluding hydrogens is 594 g/mol. The molecule has 8 atom stereocenters. The highest BCUT2D eigenvalue weighted by Crippen LogP contribution is 2.55. The predicted octanol–water partition coefficient (Wildman–Crippen LogP) is 4.94. The van der Waals surface area contributed by atoms with Crippen LogP contribution in [0.4, 0.5) is 5.69 Å². The van der Waals surface area contributed by atoms with Crippen LogP contribution in [0.2, 0.25) is 5.02 Å². The number of anilines is 1. The Bertz CT molecular complexity index is 1530. The Morgan fingerprint density at radius 1 is 1.07 bits per heavy atom. The summed E-state index contributed by atoms with van der Waals surface area (Å²) in [6, 6.07) is 10.0. The van der Waals surface area contributed by atoms with Crippen molar-refractivity contribution >= 4 is 35.0 Å². The first-order valence-electron chi connectivity index (χ1n) is 15.8. The van der Waals surface area contributed by atoms with Crippen molar-refractivity contribution in [3.05, 3.63) is 64.7 Å². The van der Waals surface area contributed by atoms with Gasteiger partial charge in [0.25, 0.3) is 0 Å². The number of hydrogen-bond donors (Lipinski definition) is 2. The van der Waals surface area contributed by atoms with E-state index in [2.05, 4.69) is 24.5 Å². The fraction of sp³-hybridized carbons (Fsp3) is 0.514. The molecule has 3 amide bonds. The third-order valence-corrected chi connectivity index (χ3v) is 10.9. The second kappa shape index (κ2) is 12.3. The Labute approximate surface area is 269 Å². The van der Waals surface area contributed by atoms with Gasteiger partial charge in [0.2, 0.25) is 17.7 Å². The van der Waals surface area contributed by atoms with Crippen molar-refractivity contribution in [3.8, 4) is 11.5 Å². The zero-order chi connectivity index (χ0) is 32.0. The lowest BCUT2D eigenvalue weighted by atomic mass is 9.73. The number of carbonyl (C=O) groups excluding carboxylic acids is 3. The van der Waals surface area contributed by atoms with Crippen molar-refractivity contribution in [1.82, 2.24) is 10.2 Å². The number of ether oxygens (including phenoxy) is 3. The lowest BCUT2D eigenvalue weighted by Crippen LogP contribution is -2.58. The smallest absolute Gasteiger partial charge is 0.246 e. The predicted molar refractivity (Wildman–Crippen MR) is 171 cm³/mol. The van der Waals surface area contributed by atoms with Gasteiger partial charge in [-0.05, 0) is 67.0 Å². The highest BCUT2D eigenvalue weighted by atomic mass is 35.5. The summed E-state index contributed by atoms with van der Waals surface area (Å²) in [7, 11) is 3.16. The number of nitrogens with zero attached hydrogens (tertiary/aromatic N) is 1. The number of likely N-dealkylation sites (tertiary alicyclic amines) is 1. The number of benzene rings is 2. The van der Waals surface area contributed by atoms with E-state index < -0.39 is 29.6 Å². The minimum absolute atomic E-state index is 0.00691. The summed E-state index contributed by atoms with van der Waals surface area (Å²) in [6.45, 7) is 6.56. The van der Waals surface area contributed by atoms with Crippen LogP contribution < -0.4 is 20.1 Å². The first kappa shape index (κ1) is 31.4. The normalized spacial score (nSPS) is 31.6. The first-order valence-corrected chi connectivity index (χ1v) is 16.2. The Balaban J connectivity index is 1.30. The maximum atomic E-state index is 14.4. The van der Waals surface area contributed by atoms with Crippen molar-refractivity contribution in [1.29, 1.82) is 0 Å². The molecule has 1 saturated carbocycles. The van der Waals surface area contributed by atoms with Crippen LogP contribution in [0.3, 0.4) is 0 Å². The Kier molecular flexibility index (Phi) is 8.61. The van der Waals surface area contributed by atoms with Crippen molar-refractivity contribution in [2.45, 2.75) is 70.2 Å². The molecule has 2 saturated heterocycles. The van der Waals surface area contributed by atoms with Crippen LogP contribution in [-0.2, 0) is 25.5 Å². The molecule has 3 heterocycles. The van der Waals surface area contributed by atoms with E-state index in [1.165, 1.54) is 0 Å². The average molecular weight is 636 g/mol. The van der Waals surface area contributed by atoms with E-state index in [4.69, 9.17) is 25.8 Å². The van der Waals surface area contributed by atoms with E-state index in [1.807, 2.05) is 43.3 Å². The number of hydrogen-bond acceptors (Lipinski definition) is 6. The third kappa shape index (κ3) is 5.48. The highest BCUT2D eigenvalue weighted by Gasteiger charge is 2.72. The number of fused-ring (bicyclic) bond motifs is 1. The van der Waals surface area contributed by atoms with Crippen LogP contribution in [-0.4, -0.2) is 67.2 Å². The van der Waals surface area contributed by atoms with Crippen LogP contribution in [0.25, 0.3) is 0 Å². The number of rotatable bonds is 9. The number of methoxy groups -OCH3 is 2. The molecule has 9 nitrogen and oxygen atoms in total. The molecule has 1 spiro atoms. The van der Waals surface area contributed by atoms with Crippen LogP contribution >= 0.6 is 11.6 Å². The van der Waals surface area contributed by atoms with Crippen LogP contribution in [0.1, 0.15) is 44.2 Å². The van der Waals surface area contributed by atoms with Crippen LogP contribution in [0, 0.1) is 30.6 Å². The molecule has 10 heteroatoms. The van der Waals surface area contributed by atoms with Gasteiger partial charge in [0, 0.05) is 23.3 Å². The number of nitrogens with one attached hydrogen (secondary N) is 2. The molecule has 3 fully saturated rings. The average Bonchev–Trinajstić information content (AvgIpc) is 3.67. The van der Waals surface area contributed by atoms with E-state index in [0.29, 0.717) is 40.5 Å². The maximum Gasteiger partial charge on any atom is 0.246 e. The fourth-order valence-corrected chi connectivity index (χ4v) is 7.92. The van der Waals surface area contributed by atoms with Crippen molar-refractivity contribution in [2.24, 2.45) is 23.7 Å². The molecule has 2 bridgehead atoms. The Morgan fingerprint density at radius 3 is 2.58 bits per heavy atom. The second-order valence-electron chi connectivity index (χ2n) is 13.0. The number of carbonyl (C=O) groups is 3. The molecule has 3 aliphatic heterocycles. The van der Waals surface area contributed by atoms with Gasteiger partial charge in [0.1, 0.15) is 11.6 Å². The van der Waals surface area contributed by atoms with Crippen LogP contribution in [0.5, 0.6) is 11.5 Å². The minimum atomic E-state index is -1.24. The molecule has 0 unspecified atom stereocenters. The van der Waals surface area contributed by atoms with Gasteiger partial charge < -0.3 is 29.7 Å². The summed E-state index contributed by atoms with van der Waals surface area (Å²) in [5.41, 5.74) is 1.13. The minimum Gasteiger partial charge on any atom is -0.493 e. The molecule has 240 valence electrons. The van der Waals surface area contributed by atoms with Gasteiger partial charge in [0.15, 0.2) is 11.5 Å². The van der Waals surface area contributed by atoms with Crippen molar-refractivity contribution in [3.63, 3.8) is 0 Å². The topological polar surface area (TPSA) is 106 Å². The van der Waals surface area contributed by atoms with Gasteiger partial charge >= 0.3 is 0 Å². The lowest BCUT2D eigenvalue weighted by molar-refractivity contribution is -0.141. The highest BCUT2D eigenvalue weighted by molar-refractivity contribution is 6.31. The Hall–Kier alpha value is -3.56. The summed E-state index contributed by atoms with van der Waals surface area (Å²) in [5, 5.41) is 6.80. The van der Waals surface area contributed by atoms with Gasteiger partial charge in [-0.2, -0.15) is 0 Å². The molecule has 45 heavy (non-hydrogen) atoms. The molecule has 4 aliphatic rings. The van der Waals surface area contributed by atoms with Crippen molar-refractivity contribution < 1.29 is 28.6 Å². The number of aryl methyl sites for hydroxylation is 1. The van der Waals surface area contributed by atoms with Gasteiger partial charge in [0.05, 0.1) is 32.2 Å². The number of amides is 3. The fourth-order valence-electron chi connectivity index (χ4n) is 7.74. The quantitative estimate of drug-likeness (QED) is 0.378. The largest absolute Gasteiger partial charge is 0.493 e. The van der Waals surface area contributed by atoms with E-state index in [0.717, 1.165) is 30.4 Å². The molecule has 1 aliphatic carbocycles. The molecule has 0 aromatic heterocycles. The second-order valence-corrected chi connectivity index (χ2v) is 13.4. The molecule has 2 aromatic rings. The summed E-state index contributed by atoms with van der Waals surface area (Å²) in [4.78, 5) is 44.1. The van der Waals surface area contributed by atoms with Crippen molar-refractivity contribution in [2.75, 3.05) is 26.1 Å². The summed E-state index contributed by atoms with van der Waals surface area (Å²) in [6.07, 6.45) is 6.61.